The van der Waals surface area contributed by atoms with Gasteiger partial charge in [0.05, 0.1) is 0 Å². The van der Waals surface area contributed by atoms with E-state index in [0.717, 1.165) is 22.5 Å². The van der Waals surface area contributed by atoms with Crippen LogP contribution in [0.5, 0.6) is 0 Å². The zero-order valence-corrected chi connectivity index (χ0v) is 19.6. The van der Waals surface area contributed by atoms with Crippen LogP contribution < -0.4 is 10.6 Å². The van der Waals surface area contributed by atoms with Gasteiger partial charge in [-0.05, 0) is 36.2 Å². The van der Waals surface area contributed by atoms with E-state index in [-0.39, 0.29) is 29.9 Å². The highest BCUT2D eigenvalue weighted by molar-refractivity contribution is 14.0. The number of rotatable bonds is 6. The number of pyridine rings is 1. The fourth-order valence-corrected chi connectivity index (χ4v) is 2.62. The maximum Gasteiger partial charge on any atom is 0.227 e. The summed E-state index contributed by atoms with van der Waals surface area (Å²) in [4.78, 5) is 22.5. The fourth-order valence-electron chi connectivity index (χ4n) is 2.36. The molecule has 27 heavy (non-hydrogen) atoms. The Morgan fingerprint density at radius 2 is 1.93 bits per heavy atom. The summed E-state index contributed by atoms with van der Waals surface area (Å²) >= 11 is 3.44. The number of guanidine groups is 1. The molecule has 0 saturated heterocycles. The monoisotopic (exact) mass is 545 g/mol. The van der Waals surface area contributed by atoms with E-state index >= 15 is 0 Å². The van der Waals surface area contributed by atoms with Crippen LogP contribution in [0.25, 0.3) is 0 Å². The minimum absolute atomic E-state index is 0. The van der Waals surface area contributed by atoms with Crippen molar-refractivity contribution in [3.05, 3.63) is 58.2 Å². The third kappa shape index (κ3) is 8.25. The van der Waals surface area contributed by atoms with Crippen molar-refractivity contribution < 1.29 is 4.79 Å². The molecule has 0 saturated carbocycles. The Balaban J connectivity index is 0.00000364. The van der Waals surface area contributed by atoms with E-state index in [1.807, 2.05) is 37.1 Å². The van der Waals surface area contributed by atoms with Crippen LogP contribution in [-0.4, -0.2) is 42.4 Å². The molecule has 1 amide bonds. The molecule has 2 N–H and O–H groups in total. The molecule has 1 heterocycles. The number of nitrogens with zero attached hydrogens (tertiary/aromatic N) is 3. The van der Waals surface area contributed by atoms with Gasteiger partial charge in [0.25, 0.3) is 0 Å². The first-order valence-electron chi connectivity index (χ1n) is 8.36. The number of benzene rings is 1. The summed E-state index contributed by atoms with van der Waals surface area (Å²) in [7, 11) is 3.70. The molecule has 0 aliphatic heterocycles. The number of hydrogen-bond acceptors (Lipinski definition) is 3. The lowest BCUT2D eigenvalue weighted by atomic mass is 10.2. The van der Waals surface area contributed by atoms with Gasteiger partial charge in [-0.1, -0.05) is 34.1 Å². The molecule has 0 aliphatic carbocycles. The van der Waals surface area contributed by atoms with Gasteiger partial charge in [0, 0.05) is 44.3 Å². The molecule has 1 aromatic carbocycles. The summed E-state index contributed by atoms with van der Waals surface area (Å²) in [5.74, 6) is 1.23. The van der Waals surface area contributed by atoms with E-state index in [0.29, 0.717) is 18.8 Å². The van der Waals surface area contributed by atoms with Crippen LogP contribution in [0, 0.1) is 6.92 Å². The van der Waals surface area contributed by atoms with Gasteiger partial charge in [-0.2, -0.15) is 0 Å². The summed E-state index contributed by atoms with van der Waals surface area (Å²) < 4.78 is 1.06. The fraction of sp³-hybridized carbons (Fsp3) is 0.316. The van der Waals surface area contributed by atoms with Crippen LogP contribution in [0.1, 0.15) is 17.5 Å². The lowest BCUT2D eigenvalue weighted by Gasteiger charge is -2.22. The van der Waals surface area contributed by atoms with Gasteiger partial charge in [0.2, 0.25) is 5.91 Å². The molecule has 0 unspecified atom stereocenters. The SMILES string of the molecule is CN=C(NCCC(=O)Nc1ccc(C)cn1)N(C)Cc1ccc(Br)cc1.I. The van der Waals surface area contributed by atoms with Gasteiger partial charge in [0.1, 0.15) is 5.82 Å². The van der Waals surface area contributed by atoms with Gasteiger partial charge >= 0.3 is 0 Å². The van der Waals surface area contributed by atoms with Crippen molar-refractivity contribution in [2.24, 2.45) is 4.99 Å². The third-order valence-corrected chi connectivity index (χ3v) is 4.25. The Hall–Kier alpha value is -1.68. The molecule has 0 radical (unpaired) electrons. The smallest absolute Gasteiger partial charge is 0.227 e. The number of aliphatic imine (C=N–C) groups is 1. The minimum atomic E-state index is -0.0835. The predicted molar refractivity (Wildman–Crippen MR) is 125 cm³/mol. The number of aryl methyl sites for hydroxylation is 1. The number of amides is 1. The first kappa shape index (κ1) is 23.4. The van der Waals surface area contributed by atoms with Crippen molar-refractivity contribution >= 4 is 57.6 Å². The molecule has 0 aliphatic rings. The van der Waals surface area contributed by atoms with Gasteiger partial charge in [0.15, 0.2) is 5.96 Å². The van der Waals surface area contributed by atoms with Gasteiger partial charge in [-0.25, -0.2) is 4.98 Å². The number of carbonyl (C=O) groups excluding carboxylic acids is 1. The van der Waals surface area contributed by atoms with E-state index < -0.39 is 0 Å². The minimum Gasteiger partial charge on any atom is -0.356 e. The van der Waals surface area contributed by atoms with Crippen LogP contribution in [-0.2, 0) is 11.3 Å². The third-order valence-electron chi connectivity index (χ3n) is 3.72. The second-order valence-corrected chi connectivity index (χ2v) is 6.89. The summed E-state index contributed by atoms with van der Waals surface area (Å²) in [5.41, 5.74) is 2.24. The van der Waals surface area contributed by atoms with Crippen molar-refractivity contribution in [3.8, 4) is 0 Å². The maximum atomic E-state index is 12.0. The Kier molecular flexibility index (Phi) is 10.3. The predicted octanol–water partition coefficient (Wildman–Crippen LogP) is 3.81. The Bertz CT molecular complexity index is 750. The molecular weight excluding hydrogens is 521 g/mol. The number of aromatic nitrogens is 1. The van der Waals surface area contributed by atoms with Crippen LogP contribution in [0.3, 0.4) is 0 Å². The van der Waals surface area contributed by atoms with E-state index in [1.165, 1.54) is 5.56 Å². The first-order valence-corrected chi connectivity index (χ1v) is 9.16. The second kappa shape index (κ2) is 11.9. The van der Waals surface area contributed by atoms with Crippen LogP contribution in [0.15, 0.2) is 52.1 Å². The second-order valence-electron chi connectivity index (χ2n) is 5.98. The molecule has 8 heteroatoms. The molecular formula is C19H25BrIN5O. The molecule has 0 atom stereocenters. The number of carbonyl (C=O) groups is 1. The highest BCUT2D eigenvalue weighted by Crippen LogP contribution is 2.11. The highest BCUT2D eigenvalue weighted by Gasteiger charge is 2.08. The zero-order chi connectivity index (χ0) is 18.9. The van der Waals surface area contributed by atoms with Crippen molar-refractivity contribution in [1.82, 2.24) is 15.2 Å². The highest BCUT2D eigenvalue weighted by atomic mass is 127. The summed E-state index contributed by atoms with van der Waals surface area (Å²) in [5, 5.41) is 6.00. The van der Waals surface area contributed by atoms with Crippen LogP contribution in [0.4, 0.5) is 5.82 Å². The Morgan fingerprint density at radius 3 is 2.52 bits per heavy atom. The molecule has 0 fully saturated rings. The van der Waals surface area contributed by atoms with Crippen molar-refractivity contribution in [2.45, 2.75) is 19.9 Å². The average molecular weight is 546 g/mol. The quantitative estimate of drug-likeness (QED) is 0.329. The van der Waals surface area contributed by atoms with E-state index in [1.54, 1.807) is 19.3 Å². The van der Waals surface area contributed by atoms with Gasteiger partial charge in [-0.3, -0.25) is 9.79 Å². The number of nitrogens with one attached hydrogen (secondary N) is 2. The summed E-state index contributed by atoms with van der Waals surface area (Å²) in [6, 6.07) is 11.9. The molecule has 0 spiro atoms. The standard InChI is InChI=1S/C19H24BrN5O.HI/c1-14-4-9-17(23-12-14)24-18(26)10-11-22-19(21-2)25(3)13-15-5-7-16(20)8-6-15;/h4-9,12H,10-11,13H2,1-3H3,(H,21,22)(H,23,24,26);1H. The molecule has 146 valence electrons. The summed E-state index contributed by atoms with van der Waals surface area (Å²) in [6.45, 7) is 3.18. The molecule has 6 nitrogen and oxygen atoms in total. The molecule has 0 bridgehead atoms. The molecule has 1 aromatic heterocycles. The number of anilines is 1. The Labute approximate surface area is 186 Å². The number of hydrogen-bond donors (Lipinski definition) is 2. The van der Waals surface area contributed by atoms with Crippen molar-refractivity contribution in [3.63, 3.8) is 0 Å². The Morgan fingerprint density at radius 1 is 1.22 bits per heavy atom. The van der Waals surface area contributed by atoms with E-state index in [9.17, 15) is 4.79 Å². The summed E-state index contributed by atoms with van der Waals surface area (Å²) in [6.07, 6.45) is 2.06. The average Bonchev–Trinajstić information content (AvgIpc) is 2.62. The van der Waals surface area contributed by atoms with E-state index in [4.69, 9.17) is 0 Å². The topological polar surface area (TPSA) is 69.6 Å². The van der Waals surface area contributed by atoms with Gasteiger partial charge in [-0.15, -0.1) is 24.0 Å². The zero-order valence-electron chi connectivity index (χ0n) is 15.7. The first-order chi connectivity index (χ1) is 12.5. The van der Waals surface area contributed by atoms with E-state index in [2.05, 4.69) is 48.7 Å². The number of halogens is 2. The van der Waals surface area contributed by atoms with Gasteiger partial charge < -0.3 is 15.5 Å². The molecule has 2 aromatic rings. The largest absolute Gasteiger partial charge is 0.356 e. The maximum absolute atomic E-state index is 12.0. The van der Waals surface area contributed by atoms with Crippen molar-refractivity contribution in [1.29, 1.82) is 0 Å². The van der Waals surface area contributed by atoms with Crippen molar-refractivity contribution in [2.75, 3.05) is 26.0 Å². The lowest BCUT2D eigenvalue weighted by Crippen LogP contribution is -2.39. The molecule has 2 rings (SSSR count). The normalized spacial score (nSPS) is 10.7. The lowest BCUT2D eigenvalue weighted by molar-refractivity contribution is -0.116. The van der Waals surface area contributed by atoms with Crippen LogP contribution in [0.2, 0.25) is 0 Å². The van der Waals surface area contributed by atoms with Crippen LogP contribution >= 0.6 is 39.9 Å².